The third-order valence-corrected chi connectivity index (χ3v) is 4.77. The number of H-pyrrole nitrogens is 2. The highest BCUT2D eigenvalue weighted by molar-refractivity contribution is 5.96. The molecule has 132 valence electrons. The van der Waals surface area contributed by atoms with Crippen molar-refractivity contribution in [3.05, 3.63) is 61.1 Å². The Morgan fingerprint density at radius 3 is 2.67 bits per heavy atom. The minimum absolute atomic E-state index is 0.873. The van der Waals surface area contributed by atoms with Crippen molar-refractivity contribution in [2.45, 2.75) is 0 Å². The van der Waals surface area contributed by atoms with Crippen LogP contribution in [-0.4, -0.2) is 39.2 Å². The molecule has 1 aromatic carbocycles. The topological polar surface area (TPSA) is 73.5 Å². The fourth-order valence-corrected chi connectivity index (χ4v) is 3.29. The molecule has 0 saturated carbocycles. The number of hydrogen-bond donors (Lipinski definition) is 2. The maximum absolute atomic E-state index is 4.59. The Kier molecular flexibility index (Phi) is 3.43. The number of benzene rings is 1. The molecular formula is C21H18N6. The Balaban J connectivity index is 1.65. The fourth-order valence-electron chi connectivity index (χ4n) is 3.29. The zero-order chi connectivity index (χ0) is 18.4. The predicted octanol–water partition coefficient (Wildman–Crippen LogP) is 4.23. The third kappa shape index (κ3) is 2.62. The second-order valence-electron chi connectivity index (χ2n) is 6.78. The molecule has 0 saturated heterocycles. The van der Waals surface area contributed by atoms with Gasteiger partial charge in [0, 0.05) is 42.1 Å². The van der Waals surface area contributed by atoms with E-state index in [0.29, 0.717) is 0 Å². The number of pyridine rings is 2. The number of aromatic amines is 2. The first-order chi connectivity index (χ1) is 13.2. The minimum atomic E-state index is 0.873. The van der Waals surface area contributed by atoms with Gasteiger partial charge in [-0.3, -0.25) is 15.1 Å². The summed E-state index contributed by atoms with van der Waals surface area (Å²) in [6.45, 7) is 0. The number of nitrogens with one attached hydrogen (secondary N) is 2. The van der Waals surface area contributed by atoms with Gasteiger partial charge in [-0.2, -0.15) is 5.10 Å². The molecule has 0 fully saturated rings. The summed E-state index contributed by atoms with van der Waals surface area (Å²) >= 11 is 0. The molecule has 0 radical (unpaired) electrons. The highest BCUT2D eigenvalue weighted by Gasteiger charge is 2.13. The van der Waals surface area contributed by atoms with Gasteiger partial charge in [-0.25, -0.2) is 0 Å². The predicted molar refractivity (Wildman–Crippen MR) is 109 cm³/mol. The van der Waals surface area contributed by atoms with Crippen molar-refractivity contribution in [2.75, 3.05) is 19.0 Å². The molecule has 6 nitrogen and oxygen atoms in total. The second kappa shape index (κ2) is 5.95. The van der Waals surface area contributed by atoms with Gasteiger partial charge in [0.25, 0.3) is 0 Å². The van der Waals surface area contributed by atoms with Crippen LogP contribution in [0.5, 0.6) is 0 Å². The van der Waals surface area contributed by atoms with Gasteiger partial charge >= 0.3 is 0 Å². The molecule has 0 spiro atoms. The van der Waals surface area contributed by atoms with Crippen LogP contribution in [0.25, 0.3) is 44.5 Å². The zero-order valence-corrected chi connectivity index (χ0v) is 15.1. The zero-order valence-electron chi connectivity index (χ0n) is 15.1. The SMILES string of the molecule is CN(C)c1cncc(-c2cc3c(-c4cc5ccccc5[nH]4)n[nH]c3cn2)c1. The Bertz CT molecular complexity index is 1230. The molecule has 0 atom stereocenters. The normalized spacial score (nSPS) is 11.3. The molecule has 4 heterocycles. The van der Waals surface area contributed by atoms with Gasteiger partial charge in [0.1, 0.15) is 5.69 Å². The minimum Gasteiger partial charge on any atom is -0.376 e. The lowest BCUT2D eigenvalue weighted by atomic mass is 10.1. The van der Waals surface area contributed by atoms with Gasteiger partial charge in [0.2, 0.25) is 0 Å². The van der Waals surface area contributed by atoms with E-state index in [4.69, 9.17) is 0 Å². The van der Waals surface area contributed by atoms with Crippen LogP contribution in [0.4, 0.5) is 5.69 Å². The van der Waals surface area contributed by atoms with Gasteiger partial charge in [-0.15, -0.1) is 0 Å². The molecule has 6 heteroatoms. The lowest BCUT2D eigenvalue weighted by Gasteiger charge is -2.12. The Labute approximate surface area is 155 Å². The molecule has 27 heavy (non-hydrogen) atoms. The van der Waals surface area contributed by atoms with E-state index in [2.05, 4.69) is 55.5 Å². The van der Waals surface area contributed by atoms with Crippen LogP contribution in [0.1, 0.15) is 0 Å². The number of rotatable bonds is 3. The second-order valence-corrected chi connectivity index (χ2v) is 6.78. The van der Waals surface area contributed by atoms with Crippen molar-refractivity contribution >= 4 is 27.5 Å². The number of nitrogens with zero attached hydrogens (tertiary/aromatic N) is 4. The first kappa shape index (κ1) is 15.6. The highest BCUT2D eigenvalue weighted by atomic mass is 15.1. The lowest BCUT2D eigenvalue weighted by molar-refractivity contribution is 1.11. The van der Waals surface area contributed by atoms with Crippen LogP contribution in [0.15, 0.2) is 61.1 Å². The van der Waals surface area contributed by atoms with Crippen LogP contribution in [0, 0.1) is 0 Å². The quantitative estimate of drug-likeness (QED) is 0.508. The van der Waals surface area contributed by atoms with E-state index in [-0.39, 0.29) is 0 Å². The summed E-state index contributed by atoms with van der Waals surface area (Å²) in [7, 11) is 4.00. The molecule has 0 unspecified atom stereocenters. The average Bonchev–Trinajstić information content (AvgIpc) is 3.31. The number of hydrogen-bond acceptors (Lipinski definition) is 4. The van der Waals surface area contributed by atoms with E-state index in [0.717, 1.165) is 44.8 Å². The third-order valence-electron chi connectivity index (χ3n) is 4.77. The lowest BCUT2D eigenvalue weighted by Crippen LogP contribution is -2.08. The van der Waals surface area contributed by atoms with Crippen molar-refractivity contribution in [2.24, 2.45) is 0 Å². The molecule has 4 aromatic heterocycles. The Morgan fingerprint density at radius 1 is 0.926 bits per heavy atom. The standard InChI is InChI=1S/C21H18N6/c1-27(2)15-7-14(10-22-11-15)18-9-16-20(12-23-18)25-26-21(16)19-8-13-5-3-4-6-17(13)24-19/h3-12,24H,1-2H3,(H,25,26). The van der Waals surface area contributed by atoms with E-state index in [1.165, 1.54) is 5.39 Å². The molecule has 0 amide bonds. The summed E-state index contributed by atoms with van der Waals surface area (Å²) in [4.78, 5) is 14.4. The van der Waals surface area contributed by atoms with Crippen LogP contribution >= 0.6 is 0 Å². The Hall–Kier alpha value is -3.67. The van der Waals surface area contributed by atoms with Crippen molar-refractivity contribution in [1.82, 2.24) is 25.1 Å². The van der Waals surface area contributed by atoms with Crippen LogP contribution in [0.3, 0.4) is 0 Å². The Morgan fingerprint density at radius 2 is 1.81 bits per heavy atom. The van der Waals surface area contributed by atoms with Crippen LogP contribution in [-0.2, 0) is 0 Å². The average molecular weight is 354 g/mol. The van der Waals surface area contributed by atoms with Crippen molar-refractivity contribution < 1.29 is 0 Å². The summed E-state index contributed by atoms with van der Waals surface area (Å²) in [5, 5.41) is 9.80. The molecule has 5 aromatic rings. The summed E-state index contributed by atoms with van der Waals surface area (Å²) in [5.74, 6) is 0. The fraction of sp³-hybridized carbons (Fsp3) is 0.0952. The monoisotopic (exact) mass is 354 g/mol. The van der Waals surface area contributed by atoms with Gasteiger partial charge in [0.15, 0.2) is 0 Å². The first-order valence-corrected chi connectivity index (χ1v) is 8.74. The number of fused-ring (bicyclic) bond motifs is 2. The molecule has 5 rings (SSSR count). The molecular weight excluding hydrogens is 336 g/mol. The summed E-state index contributed by atoms with van der Waals surface area (Å²) < 4.78 is 0. The van der Waals surface area contributed by atoms with E-state index < -0.39 is 0 Å². The molecule has 2 N–H and O–H groups in total. The van der Waals surface area contributed by atoms with Gasteiger partial charge in [0.05, 0.1) is 35.0 Å². The largest absolute Gasteiger partial charge is 0.376 e. The summed E-state index contributed by atoms with van der Waals surface area (Å²) in [6.07, 6.45) is 5.51. The first-order valence-electron chi connectivity index (χ1n) is 8.74. The molecule has 0 aliphatic heterocycles. The number of aromatic nitrogens is 5. The van der Waals surface area contributed by atoms with E-state index >= 15 is 0 Å². The van der Waals surface area contributed by atoms with E-state index in [1.54, 1.807) is 0 Å². The maximum Gasteiger partial charge on any atom is 0.116 e. The maximum atomic E-state index is 4.59. The van der Waals surface area contributed by atoms with Gasteiger partial charge in [-0.1, -0.05) is 18.2 Å². The number of anilines is 1. The molecule has 0 aliphatic rings. The molecule has 0 bridgehead atoms. The van der Waals surface area contributed by atoms with E-state index in [9.17, 15) is 0 Å². The van der Waals surface area contributed by atoms with Crippen LogP contribution < -0.4 is 4.90 Å². The smallest absolute Gasteiger partial charge is 0.116 e. The van der Waals surface area contributed by atoms with Gasteiger partial charge < -0.3 is 9.88 Å². The molecule has 0 aliphatic carbocycles. The van der Waals surface area contributed by atoms with E-state index in [1.807, 2.05) is 49.7 Å². The van der Waals surface area contributed by atoms with Crippen molar-refractivity contribution in [1.29, 1.82) is 0 Å². The van der Waals surface area contributed by atoms with Crippen molar-refractivity contribution in [3.8, 4) is 22.6 Å². The van der Waals surface area contributed by atoms with Gasteiger partial charge in [-0.05, 0) is 24.3 Å². The van der Waals surface area contributed by atoms with Crippen molar-refractivity contribution in [3.63, 3.8) is 0 Å². The van der Waals surface area contributed by atoms with Crippen LogP contribution in [0.2, 0.25) is 0 Å². The highest BCUT2D eigenvalue weighted by Crippen LogP contribution is 2.31. The number of para-hydroxylation sites is 1. The summed E-state index contributed by atoms with van der Waals surface area (Å²) in [5.41, 5.74) is 6.77. The summed E-state index contributed by atoms with van der Waals surface area (Å²) in [6, 6.07) is 14.5.